The normalized spacial score (nSPS) is 12.6. The van der Waals surface area contributed by atoms with Gasteiger partial charge in [0.15, 0.2) is 0 Å². The largest absolute Gasteiger partial charge is 0.352 e. The molecular weight excluding hydrogens is 486 g/mol. The van der Waals surface area contributed by atoms with Crippen LogP contribution in [0.3, 0.4) is 0 Å². The predicted molar refractivity (Wildman–Crippen MR) is 139 cm³/mol. The molecule has 0 radical (unpaired) electrons. The number of hydrogen-bond donors (Lipinski definition) is 1. The lowest BCUT2D eigenvalue weighted by molar-refractivity contribution is -0.141. The fourth-order valence-corrected chi connectivity index (χ4v) is 4.27. The van der Waals surface area contributed by atoms with Gasteiger partial charge in [-0.2, -0.15) is 0 Å². The first-order valence-electron chi connectivity index (χ1n) is 11.6. The molecule has 184 valence electrons. The molecule has 0 spiro atoms. The smallest absolute Gasteiger partial charge is 0.243 e. The fourth-order valence-electron chi connectivity index (χ4n) is 3.76. The average Bonchev–Trinajstić information content (AvgIpc) is 2.84. The topological polar surface area (TPSA) is 49.4 Å². The van der Waals surface area contributed by atoms with Crippen LogP contribution in [0.5, 0.6) is 0 Å². The third kappa shape index (κ3) is 7.30. The second-order valence-corrected chi connectivity index (χ2v) is 9.33. The fraction of sp³-hybridized carbons (Fsp3) is 0.286. The first kappa shape index (κ1) is 26.7. The molecule has 2 atom stereocenters. The van der Waals surface area contributed by atoms with Crippen LogP contribution in [0.1, 0.15) is 37.0 Å². The summed E-state index contributed by atoms with van der Waals surface area (Å²) in [5.74, 6) is -1.15. The summed E-state index contributed by atoms with van der Waals surface area (Å²) >= 11 is 12.9. The molecule has 7 heteroatoms. The van der Waals surface area contributed by atoms with Crippen LogP contribution in [0.2, 0.25) is 10.0 Å². The van der Waals surface area contributed by atoms with Gasteiger partial charge in [-0.3, -0.25) is 9.59 Å². The molecule has 3 rings (SSSR count). The minimum atomic E-state index is -0.849. The van der Waals surface area contributed by atoms with E-state index in [1.54, 1.807) is 36.4 Å². The molecule has 0 aliphatic heterocycles. The van der Waals surface area contributed by atoms with E-state index in [1.807, 2.05) is 44.2 Å². The van der Waals surface area contributed by atoms with E-state index in [9.17, 15) is 14.0 Å². The van der Waals surface area contributed by atoms with Crippen molar-refractivity contribution in [1.29, 1.82) is 0 Å². The maximum Gasteiger partial charge on any atom is 0.243 e. The molecule has 2 unspecified atom stereocenters. The minimum Gasteiger partial charge on any atom is -0.352 e. The maximum absolute atomic E-state index is 14.4. The van der Waals surface area contributed by atoms with Crippen molar-refractivity contribution in [2.24, 2.45) is 0 Å². The summed E-state index contributed by atoms with van der Waals surface area (Å²) in [6.07, 6.45) is 0.828. The van der Waals surface area contributed by atoms with Crippen LogP contribution in [0.4, 0.5) is 4.39 Å². The van der Waals surface area contributed by atoms with Gasteiger partial charge in [0.05, 0.1) is 6.42 Å². The Kier molecular flexibility index (Phi) is 9.70. The van der Waals surface area contributed by atoms with E-state index in [4.69, 9.17) is 23.2 Å². The van der Waals surface area contributed by atoms with Gasteiger partial charge in [-0.15, -0.1) is 0 Å². The molecule has 2 amide bonds. The van der Waals surface area contributed by atoms with Gasteiger partial charge in [0, 0.05) is 34.6 Å². The molecular formula is C28H29Cl2FN2O2. The van der Waals surface area contributed by atoms with Crippen LogP contribution in [0.25, 0.3) is 0 Å². The first-order valence-corrected chi connectivity index (χ1v) is 12.4. The van der Waals surface area contributed by atoms with Crippen molar-refractivity contribution < 1.29 is 14.0 Å². The van der Waals surface area contributed by atoms with E-state index in [1.165, 1.54) is 11.0 Å². The van der Waals surface area contributed by atoms with Crippen molar-refractivity contribution in [3.63, 3.8) is 0 Å². The molecule has 0 bridgehead atoms. The Bertz CT molecular complexity index is 1140. The Hall–Kier alpha value is -2.89. The van der Waals surface area contributed by atoms with Gasteiger partial charge in [0.2, 0.25) is 11.8 Å². The molecule has 1 N–H and O–H groups in total. The summed E-state index contributed by atoms with van der Waals surface area (Å²) in [6.45, 7) is 3.90. The monoisotopic (exact) mass is 514 g/mol. The molecule has 0 saturated heterocycles. The lowest BCUT2D eigenvalue weighted by atomic mass is 10.0. The number of rotatable bonds is 10. The van der Waals surface area contributed by atoms with E-state index in [-0.39, 0.29) is 36.9 Å². The lowest BCUT2D eigenvalue weighted by Gasteiger charge is -2.33. The summed E-state index contributed by atoms with van der Waals surface area (Å²) in [5.41, 5.74) is 1.69. The van der Waals surface area contributed by atoms with Crippen LogP contribution in [-0.4, -0.2) is 28.8 Å². The molecule has 0 heterocycles. The van der Waals surface area contributed by atoms with E-state index in [2.05, 4.69) is 5.32 Å². The third-order valence-corrected chi connectivity index (χ3v) is 6.67. The second kappa shape index (κ2) is 12.7. The van der Waals surface area contributed by atoms with E-state index < -0.39 is 17.8 Å². The van der Waals surface area contributed by atoms with Gasteiger partial charge < -0.3 is 10.2 Å². The van der Waals surface area contributed by atoms with Gasteiger partial charge in [0.1, 0.15) is 11.9 Å². The highest BCUT2D eigenvalue weighted by Gasteiger charge is 2.32. The van der Waals surface area contributed by atoms with Gasteiger partial charge >= 0.3 is 0 Å². The summed E-state index contributed by atoms with van der Waals surface area (Å²) in [6, 6.07) is 19.8. The van der Waals surface area contributed by atoms with Crippen LogP contribution in [0.15, 0.2) is 72.8 Å². The van der Waals surface area contributed by atoms with Crippen LogP contribution >= 0.6 is 23.2 Å². The van der Waals surface area contributed by atoms with Crippen LogP contribution < -0.4 is 5.32 Å². The van der Waals surface area contributed by atoms with Gasteiger partial charge in [-0.25, -0.2) is 4.39 Å². The molecule has 3 aromatic carbocycles. The molecule has 0 aromatic heterocycles. The molecule has 0 aliphatic carbocycles. The number of amides is 2. The first-order chi connectivity index (χ1) is 16.8. The summed E-state index contributed by atoms with van der Waals surface area (Å²) in [5, 5.41) is 3.78. The summed E-state index contributed by atoms with van der Waals surface area (Å²) in [4.78, 5) is 28.6. The number of carbonyl (C=O) groups excluding carboxylic acids is 2. The lowest BCUT2D eigenvalue weighted by Crippen LogP contribution is -2.52. The van der Waals surface area contributed by atoms with Crippen molar-refractivity contribution in [3.05, 3.63) is 105 Å². The molecule has 0 aliphatic rings. The highest BCUT2D eigenvalue weighted by molar-refractivity contribution is 6.36. The Labute approximate surface area is 216 Å². The Morgan fingerprint density at radius 2 is 1.57 bits per heavy atom. The zero-order valence-electron chi connectivity index (χ0n) is 19.8. The average molecular weight is 515 g/mol. The van der Waals surface area contributed by atoms with E-state index in [0.717, 1.165) is 12.0 Å². The van der Waals surface area contributed by atoms with Crippen molar-refractivity contribution >= 4 is 35.0 Å². The zero-order valence-corrected chi connectivity index (χ0v) is 21.3. The Balaban J connectivity index is 2.03. The third-order valence-electron chi connectivity index (χ3n) is 5.96. The van der Waals surface area contributed by atoms with Crippen LogP contribution in [-0.2, 0) is 29.0 Å². The van der Waals surface area contributed by atoms with Gasteiger partial charge in [-0.05, 0) is 42.7 Å². The zero-order chi connectivity index (χ0) is 25.4. The number of nitrogens with zero attached hydrogens (tertiary/aromatic N) is 1. The quantitative estimate of drug-likeness (QED) is 0.348. The molecule has 0 fully saturated rings. The Morgan fingerprint density at radius 3 is 2.20 bits per heavy atom. The minimum absolute atomic E-state index is 0.0111. The highest BCUT2D eigenvalue weighted by Crippen LogP contribution is 2.27. The number of carbonyl (C=O) groups is 2. The Morgan fingerprint density at radius 1 is 0.943 bits per heavy atom. The van der Waals surface area contributed by atoms with Gasteiger partial charge in [0.25, 0.3) is 0 Å². The number of hydrogen-bond acceptors (Lipinski definition) is 2. The molecule has 3 aromatic rings. The summed E-state index contributed by atoms with van der Waals surface area (Å²) < 4.78 is 14.4. The molecule has 35 heavy (non-hydrogen) atoms. The van der Waals surface area contributed by atoms with E-state index in [0.29, 0.717) is 15.6 Å². The van der Waals surface area contributed by atoms with Crippen molar-refractivity contribution in [3.8, 4) is 0 Å². The molecule has 0 saturated carbocycles. The standard InChI is InChI=1S/C28H29Cl2FN2O2/c1-3-19(2)32-28(35)26(16-20-10-5-4-6-11-20)33(18-22-23(29)13-9-14-24(22)30)27(34)17-21-12-7-8-15-25(21)31/h4-15,19,26H,3,16-18H2,1-2H3,(H,32,35). The van der Waals surface area contributed by atoms with Crippen molar-refractivity contribution in [1.82, 2.24) is 10.2 Å². The maximum atomic E-state index is 14.4. The van der Waals surface area contributed by atoms with Crippen LogP contribution in [0, 0.1) is 5.82 Å². The SMILES string of the molecule is CCC(C)NC(=O)C(Cc1ccccc1)N(Cc1c(Cl)cccc1Cl)C(=O)Cc1ccccc1F. The summed E-state index contributed by atoms with van der Waals surface area (Å²) in [7, 11) is 0. The number of nitrogens with one attached hydrogen (secondary N) is 1. The van der Waals surface area contributed by atoms with Crippen molar-refractivity contribution in [2.75, 3.05) is 0 Å². The number of halogens is 3. The van der Waals surface area contributed by atoms with Gasteiger partial charge in [-0.1, -0.05) is 84.7 Å². The second-order valence-electron chi connectivity index (χ2n) is 8.51. The van der Waals surface area contributed by atoms with Crippen molar-refractivity contribution in [2.45, 2.75) is 51.7 Å². The van der Waals surface area contributed by atoms with E-state index >= 15 is 0 Å². The molecule has 4 nitrogen and oxygen atoms in total. The number of benzene rings is 3. The highest BCUT2D eigenvalue weighted by atomic mass is 35.5. The predicted octanol–water partition coefficient (Wildman–Crippen LogP) is 6.23.